The Morgan fingerprint density at radius 1 is 1.37 bits per heavy atom. The second kappa shape index (κ2) is 13.2. The summed E-state index contributed by atoms with van der Waals surface area (Å²) in [5, 5.41) is 16.7. The van der Waals surface area contributed by atoms with E-state index in [-0.39, 0.29) is 33.9 Å². The molecule has 2 aromatic rings. The number of oxime groups is 1. The summed E-state index contributed by atoms with van der Waals surface area (Å²) in [7, 11) is -1.97. The Morgan fingerprint density at radius 2 is 2.02 bits per heavy atom. The molecule has 1 aliphatic rings. The van der Waals surface area contributed by atoms with Crippen LogP contribution in [0.4, 0.5) is 14.9 Å². The van der Waals surface area contributed by atoms with E-state index in [0.29, 0.717) is 57.1 Å². The minimum atomic E-state index is -1.97. The van der Waals surface area contributed by atoms with Gasteiger partial charge in [-0.3, -0.25) is 0 Å². The number of ether oxygens (including phenoxy) is 1. The molecule has 1 saturated heterocycles. The summed E-state index contributed by atoms with van der Waals surface area (Å²) in [4.78, 5) is 19.3. The number of anilines is 1. The van der Waals surface area contributed by atoms with Gasteiger partial charge in [0.25, 0.3) is 0 Å². The van der Waals surface area contributed by atoms with Crippen LogP contribution >= 0.6 is 50.1 Å². The van der Waals surface area contributed by atoms with Crippen molar-refractivity contribution in [3.05, 3.63) is 30.6 Å². The molecule has 0 spiro atoms. The summed E-state index contributed by atoms with van der Waals surface area (Å²) in [5.74, 6) is -0.523. The van der Waals surface area contributed by atoms with Crippen molar-refractivity contribution >= 4 is 87.3 Å². The molecular weight excluding hydrogens is 746 g/mol. The summed E-state index contributed by atoms with van der Waals surface area (Å²) in [6, 6.07) is 1.57. The van der Waals surface area contributed by atoms with Gasteiger partial charge in [0.15, 0.2) is 14.1 Å². The van der Waals surface area contributed by atoms with Crippen LogP contribution in [0, 0.1) is 9.39 Å². The number of carbonyl (C=O) groups is 1. The number of benzene rings is 1. The molecule has 0 bridgehead atoms. The number of amides is 1. The van der Waals surface area contributed by atoms with Crippen LogP contribution in [-0.2, 0) is 9.16 Å². The van der Waals surface area contributed by atoms with E-state index in [0.717, 1.165) is 0 Å². The van der Waals surface area contributed by atoms with Gasteiger partial charge in [-0.1, -0.05) is 37.5 Å². The summed E-state index contributed by atoms with van der Waals surface area (Å²) in [6.45, 7) is 17.6. The molecule has 2 atom stereocenters. The maximum Gasteiger partial charge on any atom is 0.410 e. The molecule has 41 heavy (non-hydrogen) atoms. The van der Waals surface area contributed by atoms with Crippen molar-refractivity contribution in [2.24, 2.45) is 5.16 Å². The Hall–Kier alpha value is -1.22. The number of likely N-dealkylation sites (tertiary alicyclic amines) is 1. The zero-order valence-corrected chi connectivity index (χ0v) is 30.4. The highest BCUT2D eigenvalue weighted by molar-refractivity contribution is 14.1. The average molecular weight is 786 g/mol. The molecule has 1 amide bonds. The standard InChI is InChI=1S/C28H40BrClFIN4O4Si/c1-27(2,3)40-26(37)36-11-9-16(13-17(36)10-12-39-41(7,8)28(4,5)6)34-23-18-14-20(32)21(29)22(31)24(18)35-25(30)19(23)15-33-38/h14-17,38H,9-13H2,1-8H3,(H,34,35)/b33-15+/t16-,17+/m0/s1. The largest absolute Gasteiger partial charge is 0.444 e. The number of nitrogens with zero attached hydrogens (tertiary/aromatic N) is 3. The molecule has 2 heterocycles. The van der Waals surface area contributed by atoms with E-state index in [2.05, 4.69) is 87.8 Å². The number of piperidine rings is 1. The fourth-order valence-corrected chi connectivity index (χ4v) is 6.65. The van der Waals surface area contributed by atoms with E-state index in [1.165, 1.54) is 6.21 Å². The Morgan fingerprint density at radius 3 is 2.61 bits per heavy atom. The molecular formula is C28H40BrClFIN4O4Si. The summed E-state index contributed by atoms with van der Waals surface area (Å²) < 4.78 is 28.4. The van der Waals surface area contributed by atoms with E-state index in [1.54, 1.807) is 4.90 Å². The van der Waals surface area contributed by atoms with E-state index in [1.807, 2.05) is 26.8 Å². The lowest BCUT2D eigenvalue weighted by atomic mass is 9.94. The number of hydrogen-bond donors (Lipinski definition) is 2. The van der Waals surface area contributed by atoms with E-state index in [4.69, 9.17) is 20.8 Å². The normalized spacial score (nSPS) is 18.8. The van der Waals surface area contributed by atoms with Gasteiger partial charge in [0.05, 0.1) is 21.9 Å². The first-order chi connectivity index (χ1) is 18.9. The van der Waals surface area contributed by atoms with Crippen molar-refractivity contribution < 1.29 is 23.6 Å². The van der Waals surface area contributed by atoms with Gasteiger partial charge in [0, 0.05) is 34.2 Å². The highest BCUT2D eigenvalue weighted by Gasteiger charge is 2.39. The van der Waals surface area contributed by atoms with Crippen LogP contribution in [0.15, 0.2) is 15.7 Å². The molecule has 2 N–H and O–H groups in total. The maximum absolute atomic E-state index is 15.2. The molecule has 0 saturated carbocycles. The molecule has 0 aliphatic carbocycles. The van der Waals surface area contributed by atoms with Crippen molar-refractivity contribution in [1.29, 1.82) is 0 Å². The Bertz CT molecular complexity index is 1320. The van der Waals surface area contributed by atoms with Crippen LogP contribution in [0.2, 0.25) is 23.3 Å². The third kappa shape index (κ3) is 8.24. The Kier molecular flexibility index (Phi) is 11.0. The lowest BCUT2D eigenvalue weighted by Crippen LogP contribution is -2.51. The molecule has 1 aromatic carbocycles. The van der Waals surface area contributed by atoms with Crippen molar-refractivity contribution in [3.63, 3.8) is 0 Å². The van der Waals surface area contributed by atoms with Crippen molar-refractivity contribution in [3.8, 4) is 0 Å². The SMILES string of the molecule is CC(C)(C)OC(=O)N1CC[C@H](Nc2c(/C=N/O)c(Cl)nc3c(F)c(Br)c(I)cc23)C[C@H]1CCO[Si](C)(C)C(C)(C)C. The highest BCUT2D eigenvalue weighted by atomic mass is 127. The minimum Gasteiger partial charge on any atom is -0.444 e. The van der Waals surface area contributed by atoms with Crippen LogP contribution < -0.4 is 5.32 Å². The predicted molar refractivity (Wildman–Crippen MR) is 178 cm³/mol. The number of aromatic nitrogens is 1. The molecule has 228 valence electrons. The number of fused-ring (bicyclic) bond motifs is 1. The fraction of sp³-hybridized carbons (Fsp3) is 0.607. The zero-order chi connectivity index (χ0) is 30.9. The van der Waals surface area contributed by atoms with Gasteiger partial charge in [0.1, 0.15) is 16.3 Å². The van der Waals surface area contributed by atoms with Gasteiger partial charge in [-0.25, -0.2) is 14.2 Å². The van der Waals surface area contributed by atoms with Crippen LogP contribution in [0.1, 0.15) is 66.4 Å². The average Bonchev–Trinajstić information content (AvgIpc) is 2.84. The molecule has 1 aromatic heterocycles. The quantitative estimate of drug-likeness (QED) is 0.0555. The van der Waals surface area contributed by atoms with Gasteiger partial charge in [0.2, 0.25) is 0 Å². The predicted octanol–water partition coefficient (Wildman–Crippen LogP) is 8.79. The minimum absolute atomic E-state index is 0.00956. The number of hydrogen-bond acceptors (Lipinski definition) is 7. The van der Waals surface area contributed by atoms with Crippen molar-refractivity contribution in [2.75, 3.05) is 18.5 Å². The van der Waals surface area contributed by atoms with Crippen LogP contribution in [0.25, 0.3) is 10.9 Å². The van der Waals surface area contributed by atoms with Gasteiger partial charge in [-0.05, 0) is 103 Å². The van der Waals surface area contributed by atoms with Crippen LogP contribution in [-0.4, -0.2) is 66.6 Å². The molecule has 1 fully saturated rings. The topological polar surface area (TPSA) is 96.3 Å². The number of carbonyl (C=O) groups excluding carboxylic acids is 1. The van der Waals surface area contributed by atoms with Crippen LogP contribution in [0.5, 0.6) is 0 Å². The smallest absolute Gasteiger partial charge is 0.410 e. The van der Waals surface area contributed by atoms with Crippen LogP contribution in [0.3, 0.4) is 0 Å². The summed E-state index contributed by atoms with van der Waals surface area (Å²) >= 11 is 11.8. The van der Waals surface area contributed by atoms with Crippen molar-refractivity contribution in [1.82, 2.24) is 9.88 Å². The summed E-state index contributed by atoms with van der Waals surface area (Å²) in [6.07, 6.45) is 2.72. The third-order valence-electron chi connectivity index (χ3n) is 7.71. The first kappa shape index (κ1) is 34.3. The van der Waals surface area contributed by atoms with Gasteiger partial charge in [-0.15, -0.1) is 0 Å². The fourth-order valence-electron chi connectivity index (χ4n) is 4.51. The Balaban J connectivity index is 1.95. The first-order valence-electron chi connectivity index (χ1n) is 13.6. The Labute approximate surface area is 270 Å². The number of nitrogens with one attached hydrogen (secondary N) is 1. The van der Waals surface area contributed by atoms with Gasteiger partial charge < -0.3 is 24.6 Å². The molecule has 1 aliphatic heterocycles. The van der Waals surface area contributed by atoms with E-state index < -0.39 is 19.7 Å². The molecule has 13 heteroatoms. The molecule has 0 radical (unpaired) electrons. The second-order valence-electron chi connectivity index (χ2n) is 12.9. The second-order valence-corrected chi connectivity index (χ2v) is 20.0. The van der Waals surface area contributed by atoms with E-state index in [9.17, 15) is 10.0 Å². The zero-order valence-electron chi connectivity index (χ0n) is 24.9. The third-order valence-corrected chi connectivity index (χ3v) is 14.9. The highest BCUT2D eigenvalue weighted by Crippen LogP contribution is 2.39. The lowest BCUT2D eigenvalue weighted by Gasteiger charge is -2.42. The maximum atomic E-state index is 15.2. The molecule has 0 unspecified atom stereocenters. The van der Waals surface area contributed by atoms with Gasteiger partial charge in [-0.2, -0.15) is 0 Å². The first-order valence-corrected chi connectivity index (χ1v) is 18.8. The molecule has 8 nitrogen and oxygen atoms in total. The molecule has 3 rings (SSSR count). The van der Waals surface area contributed by atoms with Gasteiger partial charge >= 0.3 is 6.09 Å². The summed E-state index contributed by atoms with van der Waals surface area (Å²) in [5.41, 5.74) is 0.362. The number of halogens is 4. The van der Waals surface area contributed by atoms with E-state index >= 15 is 4.39 Å². The number of rotatable bonds is 7. The monoisotopic (exact) mass is 784 g/mol. The number of pyridine rings is 1. The van der Waals surface area contributed by atoms with Crippen molar-refractivity contribution in [2.45, 2.75) is 96.6 Å². The lowest BCUT2D eigenvalue weighted by molar-refractivity contribution is 0.00624.